The van der Waals surface area contributed by atoms with Gasteiger partial charge in [-0.25, -0.2) is 4.68 Å². The molecule has 4 heteroatoms. The zero-order valence-corrected chi connectivity index (χ0v) is 11.2. The van der Waals surface area contributed by atoms with Gasteiger partial charge in [-0.3, -0.25) is 4.99 Å². The van der Waals surface area contributed by atoms with Crippen LogP contribution in [0.4, 0.5) is 5.69 Å². The Balaban J connectivity index is 2.44. The Kier molecular flexibility index (Phi) is 4.13. The molecule has 0 amide bonds. The molecule has 0 fully saturated rings. The van der Waals surface area contributed by atoms with E-state index < -0.39 is 0 Å². The van der Waals surface area contributed by atoms with Gasteiger partial charge in [0.2, 0.25) is 0 Å². The standard InChI is InChI=1S/C15H18N4/c1-12(2)13-9-14(17-6-3-5-16)11-15(10-13)19-8-4-7-18-19/h3-12H,16H2,1-2H3/b5-3-,17-6?. The summed E-state index contributed by atoms with van der Waals surface area (Å²) >= 11 is 0. The molecular formula is C15H18N4. The first kappa shape index (κ1) is 13.1. The molecule has 19 heavy (non-hydrogen) atoms. The van der Waals surface area contributed by atoms with Crippen LogP contribution in [-0.4, -0.2) is 16.0 Å². The second-order valence-electron chi connectivity index (χ2n) is 4.55. The number of nitrogens with zero attached hydrogens (tertiary/aromatic N) is 3. The Labute approximate surface area is 113 Å². The molecule has 0 radical (unpaired) electrons. The summed E-state index contributed by atoms with van der Waals surface area (Å²) in [6, 6.07) is 8.12. The number of allylic oxidation sites excluding steroid dienone is 1. The summed E-state index contributed by atoms with van der Waals surface area (Å²) in [7, 11) is 0. The highest BCUT2D eigenvalue weighted by atomic mass is 15.3. The minimum absolute atomic E-state index is 0.439. The maximum atomic E-state index is 5.29. The maximum absolute atomic E-state index is 5.29. The Hall–Kier alpha value is -2.36. The minimum Gasteiger partial charge on any atom is -0.405 e. The summed E-state index contributed by atoms with van der Waals surface area (Å²) < 4.78 is 1.84. The van der Waals surface area contributed by atoms with Gasteiger partial charge in [-0.15, -0.1) is 0 Å². The zero-order valence-electron chi connectivity index (χ0n) is 11.2. The van der Waals surface area contributed by atoms with E-state index in [1.54, 1.807) is 18.5 Å². The highest BCUT2D eigenvalue weighted by Gasteiger charge is 2.05. The van der Waals surface area contributed by atoms with Crippen LogP contribution in [0.2, 0.25) is 0 Å². The Morgan fingerprint density at radius 2 is 2.16 bits per heavy atom. The average Bonchev–Trinajstić information content (AvgIpc) is 2.92. The molecular weight excluding hydrogens is 236 g/mol. The van der Waals surface area contributed by atoms with Crippen LogP contribution in [0.1, 0.15) is 25.3 Å². The van der Waals surface area contributed by atoms with Gasteiger partial charge in [0.05, 0.1) is 11.4 Å². The Morgan fingerprint density at radius 3 is 2.79 bits per heavy atom. The number of nitrogens with two attached hydrogens (primary N) is 1. The van der Waals surface area contributed by atoms with E-state index in [4.69, 9.17) is 5.73 Å². The van der Waals surface area contributed by atoms with Crippen LogP contribution in [0.5, 0.6) is 0 Å². The van der Waals surface area contributed by atoms with Crippen molar-refractivity contribution in [2.45, 2.75) is 19.8 Å². The summed E-state index contributed by atoms with van der Waals surface area (Å²) in [4.78, 5) is 4.38. The second kappa shape index (κ2) is 6.00. The van der Waals surface area contributed by atoms with E-state index in [1.807, 2.05) is 23.0 Å². The summed E-state index contributed by atoms with van der Waals surface area (Å²) in [6.07, 6.45) is 8.54. The lowest BCUT2D eigenvalue weighted by molar-refractivity contribution is 0.845. The SMILES string of the molecule is CC(C)c1cc(N=C/C=C\N)cc(-n2cccn2)c1. The summed E-state index contributed by atoms with van der Waals surface area (Å²) in [5, 5.41) is 4.26. The summed E-state index contributed by atoms with van der Waals surface area (Å²) in [5.74, 6) is 0.439. The van der Waals surface area contributed by atoms with Crippen molar-refractivity contribution in [3.63, 3.8) is 0 Å². The monoisotopic (exact) mass is 254 g/mol. The quantitative estimate of drug-likeness (QED) is 0.852. The predicted molar refractivity (Wildman–Crippen MR) is 79.1 cm³/mol. The topological polar surface area (TPSA) is 56.2 Å². The second-order valence-corrected chi connectivity index (χ2v) is 4.55. The molecule has 0 aliphatic rings. The van der Waals surface area contributed by atoms with E-state index in [0.717, 1.165) is 11.4 Å². The van der Waals surface area contributed by atoms with E-state index in [2.05, 4.69) is 36.1 Å². The first-order valence-electron chi connectivity index (χ1n) is 6.26. The Morgan fingerprint density at radius 1 is 1.32 bits per heavy atom. The Bertz CT molecular complexity index is 580. The molecule has 1 heterocycles. The van der Waals surface area contributed by atoms with Gasteiger partial charge in [0, 0.05) is 18.6 Å². The van der Waals surface area contributed by atoms with Crippen molar-refractivity contribution in [2.75, 3.05) is 0 Å². The van der Waals surface area contributed by atoms with Crippen molar-refractivity contribution in [1.29, 1.82) is 0 Å². The van der Waals surface area contributed by atoms with Crippen LogP contribution < -0.4 is 5.73 Å². The number of aromatic nitrogens is 2. The van der Waals surface area contributed by atoms with Crippen LogP contribution in [0.15, 0.2) is 53.9 Å². The van der Waals surface area contributed by atoms with Gasteiger partial charge < -0.3 is 5.73 Å². The van der Waals surface area contributed by atoms with Crippen LogP contribution in [0.3, 0.4) is 0 Å². The van der Waals surface area contributed by atoms with Gasteiger partial charge in [-0.05, 0) is 48.0 Å². The van der Waals surface area contributed by atoms with Gasteiger partial charge in [-0.1, -0.05) is 13.8 Å². The van der Waals surface area contributed by atoms with E-state index in [0.29, 0.717) is 5.92 Å². The summed E-state index contributed by atoms with van der Waals surface area (Å²) in [6.45, 7) is 4.32. The number of rotatable bonds is 4. The lowest BCUT2D eigenvalue weighted by atomic mass is 10.0. The smallest absolute Gasteiger partial charge is 0.0669 e. The van der Waals surface area contributed by atoms with Crippen molar-refractivity contribution >= 4 is 11.9 Å². The van der Waals surface area contributed by atoms with Crippen molar-refractivity contribution in [3.8, 4) is 5.69 Å². The third kappa shape index (κ3) is 3.31. The minimum atomic E-state index is 0.439. The highest BCUT2D eigenvalue weighted by molar-refractivity contribution is 5.74. The van der Waals surface area contributed by atoms with E-state index in [1.165, 1.54) is 11.8 Å². The van der Waals surface area contributed by atoms with Crippen LogP contribution in [-0.2, 0) is 0 Å². The van der Waals surface area contributed by atoms with Gasteiger partial charge in [0.25, 0.3) is 0 Å². The molecule has 0 aliphatic carbocycles. The van der Waals surface area contributed by atoms with E-state index in [-0.39, 0.29) is 0 Å². The van der Waals surface area contributed by atoms with Gasteiger partial charge >= 0.3 is 0 Å². The van der Waals surface area contributed by atoms with Crippen molar-refractivity contribution < 1.29 is 0 Å². The first-order chi connectivity index (χ1) is 9.20. The number of hydrogen-bond donors (Lipinski definition) is 1. The van der Waals surface area contributed by atoms with Gasteiger partial charge in [0.15, 0.2) is 0 Å². The van der Waals surface area contributed by atoms with Gasteiger partial charge in [-0.2, -0.15) is 5.10 Å². The first-order valence-corrected chi connectivity index (χ1v) is 6.26. The molecule has 98 valence electrons. The molecule has 0 saturated heterocycles. The lowest BCUT2D eigenvalue weighted by Crippen LogP contribution is -1.97. The fourth-order valence-corrected chi connectivity index (χ4v) is 1.76. The third-order valence-electron chi connectivity index (χ3n) is 2.78. The van der Waals surface area contributed by atoms with Crippen molar-refractivity contribution in [1.82, 2.24) is 9.78 Å². The predicted octanol–water partition coefficient (Wildman–Crippen LogP) is 3.17. The molecule has 0 atom stereocenters. The number of benzene rings is 1. The molecule has 2 N–H and O–H groups in total. The highest BCUT2D eigenvalue weighted by Crippen LogP contribution is 2.25. The number of hydrogen-bond acceptors (Lipinski definition) is 3. The lowest BCUT2D eigenvalue weighted by Gasteiger charge is -2.10. The molecule has 0 spiro atoms. The summed E-state index contributed by atoms with van der Waals surface area (Å²) in [5.41, 5.74) is 8.44. The van der Waals surface area contributed by atoms with Crippen LogP contribution in [0.25, 0.3) is 5.69 Å². The third-order valence-corrected chi connectivity index (χ3v) is 2.78. The molecule has 0 unspecified atom stereocenters. The molecule has 1 aromatic carbocycles. The molecule has 2 rings (SSSR count). The van der Waals surface area contributed by atoms with Gasteiger partial charge in [0.1, 0.15) is 0 Å². The van der Waals surface area contributed by atoms with Crippen molar-refractivity contribution in [3.05, 3.63) is 54.5 Å². The molecule has 0 saturated carbocycles. The fourth-order valence-electron chi connectivity index (χ4n) is 1.76. The maximum Gasteiger partial charge on any atom is 0.0669 e. The van der Waals surface area contributed by atoms with E-state index in [9.17, 15) is 0 Å². The van der Waals surface area contributed by atoms with Crippen molar-refractivity contribution in [2.24, 2.45) is 10.7 Å². The molecule has 2 aromatic rings. The number of aliphatic imine (C=N–C) groups is 1. The normalized spacial score (nSPS) is 11.9. The van der Waals surface area contributed by atoms with Crippen LogP contribution >= 0.6 is 0 Å². The zero-order chi connectivity index (χ0) is 13.7. The molecule has 1 aromatic heterocycles. The van der Waals surface area contributed by atoms with Crippen LogP contribution in [0, 0.1) is 0 Å². The average molecular weight is 254 g/mol. The molecule has 0 aliphatic heterocycles. The molecule has 0 bridgehead atoms. The molecule has 4 nitrogen and oxygen atoms in total. The van der Waals surface area contributed by atoms with E-state index >= 15 is 0 Å². The largest absolute Gasteiger partial charge is 0.405 e. The fraction of sp³-hybridized carbons (Fsp3) is 0.200.